The molecule has 1 aromatic carbocycles. The highest BCUT2D eigenvalue weighted by Gasteiger charge is 2.25. The van der Waals surface area contributed by atoms with Crippen LogP contribution in [0.15, 0.2) is 18.2 Å². The van der Waals surface area contributed by atoms with Crippen LogP contribution in [0.25, 0.3) is 0 Å². The van der Waals surface area contributed by atoms with E-state index in [1.165, 1.54) is 0 Å². The van der Waals surface area contributed by atoms with Crippen LogP contribution in [0.3, 0.4) is 0 Å². The second kappa shape index (κ2) is 4.58. The van der Waals surface area contributed by atoms with Gasteiger partial charge < -0.3 is 10.4 Å². The van der Waals surface area contributed by atoms with Crippen LogP contribution in [0.4, 0.5) is 5.69 Å². The number of sulfonamides is 1. The van der Waals surface area contributed by atoms with Gasteiger partial charge in [0.2, 0.25) is 10.0 Å². The molecule has 1 unspecified atom stereocenters. The van der Waals surface area contributed by atoms with E-state index in [-0.39, 0.29) is 12.5 Å². The standard InChI is InChI=1S/C11H14N2O4S/c1-18(16,17)13-10-6-12-9-3-2-7(4-8(9)10)5-11(14)15/h2-4,10,12-13H,5-6H2,1H3,(H,14,15). The summed E-state index contributed by atoms with van der Waals surface area (Å²) in [4.78, 5) is 10.7. The maximum Gasteiger partial charge on any atom is 0.307 e. The maximum atomic E-state index is 11.2. The number of hydrogen-bond donors (Lipinski definition) is 3. The van der Waals surface area contributed by atoms with Gasteiger partial charge in [0.05, 0.1) is 18.7 Å². The first-order valence-electron chi connectivity index (χ1n) is 5.41. The minimum atomic E-state index is -3.29. The van der Waals surface area contributed by atoms with Crippen LogP contribution in [0.5, 0.6) is 0 Å². The van der Waals surface area contributed by atoms with E-state index in [0.29, 0.717) is 12.1 Å². The maximum absolute atomic E-state index is 11.2. The van der Waals surface area contributed by atoms with Gasteiger partial charge in [0.15, 0.2) is 0 Å². The van der Waals surface area contributed by atoms with E-state index < -0.39 is 16.0 Å². The lowest BCUT2D eigenvalue weighted by Gasteiger charge is -2.11. The number of benzene rings is 1. The lowest BCUT2D eigenvalue weighted by Crippen LogP contribution is -2.28. The molecule has 18 heavy (non-hydrogen) atoms. The molecule has 1 aliphatic rings. The van der Waals surface area contributed by atoms with Gasteiger partial charge in [-0.15, -0.1) is 0 Å². The van der Waals surface area contributed by atoms with Gasteiger partial charge >= 0.3 is 5.97 Å². The van der Waals surface area contributed by atoms with Gasteiger partial charge in [-0.1, -0.05) is 12.1 Å². The molecule has 0 aromatic heterocycles. The molecule has 1 aliphatic heterocycles. The molecule has 0 fully saturated rings. The Hall–Kier alpha value is -1.60. The molecule has 0 saturated heterocycles. The number of hydrogen-bond acceptors (Lipinski definition) is 4. The average molecular weight is 270 g/mol. The SMILES string of the molecule is CS(=O)(=O)NC1CNc2ccc(CC(=O)O)cc21. The first kappa shape index (κ1) is 12.8. The van der Waals surface area contributed by atoms with Crippen molar-refractivity contribution in [1.29, 1.82) is 0 Å². The fourth-order valence-corrected chi connectivity index (χ4v) is 2.76. The summed E-state index contributed by atoms with van der Waals surface area (Å²) in [6.45, 7) is 0.471. The van der Waals surface area contributed by atoms with Crippen LogP contribution < -0.4 is 10.0 Å². The highest BCUT2D eigenvalue weighted by Crippen LogP contribution is 2.31. The molecular weight excluding hydrogens is 256 g/mol. The van der Waals surface area contributed by atoms with Gasteiger partial charge in [-0.2, -0.15) is 0 Å². The zero-order valence-corrected chi connectivity index (χ0v) is 10.6. The number of fused-ring (bicyclic) bond motifs is 1. The van der Waals surface area contributed by atoms with Crippen molar-refractivity contribution in [3.63, 3.8) is 0 Å². The fourth-order valence-electron chi connectivity index (χ4n) is 2.03. The van der Waals surface area contributed by atoms with E-state index in [9.17, 15) is 13.2 Å². The quantitative estimate of drug-likeness (QED) is 0.732. The zero-order valence-electron chi connectivity index (χ0n) is 9.80. The Bertz CT molecular complexity index is 583. The number of carboxylic acid groups (broad SMARTS) is 1. The molecule has 2 rings (SSSR count). The number of carbonyl (C=O) groups is 1. The predicted octanol–water partition coefficient (Wildman–Crippen LogP) is 0.329. The van der Waals surface area contributed by atoms with E-state index in [1.54, 1.807) is 18.2 Å². The van der Waals surface area contributed by atoms with E-state index >= 15 is 0 Å². The predicted molar refractivity (Wildman–Crippen MR) is 67.0 cm³/mol. The Morgan fingerprint density at radius 2 is 2.28 bits per heavy atom. The number of aliphatic carboxylic acids is 1. The largest absolute Gasteiger partial charge is 0.481 e. The molecule has 0 radical (unpaired) electrons. The van der Waals surface area contributed by atoms with Gasteiger partial charge in [0.1, 0.15) is 0 Å². The second-order valence-electron chi connectivity index (χ2n) is 4.32. The molecule has 0 aliphatic carbocycles. The molecule has 0 spiro atoms. The third kappa shape index (κ3) is 2.99. The van der Waals surface area contributed by atoms with Gasteiger partial charge in [-0.05, 0) is 17.2 Å². The average Bonchev–Trinajstić information content (AvgIpc) is 2.58. The summed E-state index contributed by atoms with van der Waals surface area (Å²) in [7, 11) is -3.29. The number of nitrogens with one attached hydrogen (secondary N) is 2. The molecule has 0 amide bonds. The van der Waals surface area contributed by atoms with Crippen LogP contribution in [0.1, 0.15) is 17.2 Å². The normalized spacial score (nSPS) is 18.2. The fraction of sp³-hybridized carbons (Fsp3) is 0.364. The van der Waals surface area contributed by atoms with Crippen molar-refractivity contribution in [2.24, 2.45) is 0 Å². The first-order valence-corrected chi connectivity index (χ1v) is 7.30. The van der Waals surface area contributed by atoms with Crippen LogP contribution >= 0.6 is 0 Å². The molecular formula is C11H14N2O4S. The van der Waals surface area contributed by atoms with Crippen LogP contribution in [-0.2, 0) is 21.2 Å². The van der Waals surface area contributed by atoms with Gasteiger partial charge in [0.25, 0.3) is 0 Å². The van der Waals surface area contributed by atoms with Gasteiger partial charge in [-0.3, -0.25) is 4.79 Å². The molecule has 0 bridgehead atoms. The summed E-state index contributed by atoms with van der Waals surface area (Å²) >= 11 is 0. The summed E-state index contributed by atoms with van der Waals surface area (Å²) in [6, 6.07) is 4.89. The van der Waals surface area contributed by atoms with Crippen LogP contribution in [0, 0.1) is 0 Å². The molecule has 1 atom stereocenters. The highest BCUT2D eigenvalue weighted by molar-refractivity contribution is 7.88. The number of rotatable bonds is 4. The first-order chi connectivity index (χ1) is 8.35. The van der Waals surface area contributed by atoms with Crippen molar-refractivity contribution in [3.8, 4) is 0 Å². The summed E-state index contributed by atoms with van der Waals surface area (Å²) in [5, 5.41) is 11.8. The molecule has 1 aromatic rings. The summed E-state index contributed by atoms with van der Waals surface area (Å²) in [5.41, 5.74) is 2.29. The van der Waals surface area contributed by atoms with Crippen molar-refractivity contribution in [3.05, 3.63) is 29.3 Å². The van der Waals surface area contributed by atoms with Gasteiger partial charge in [0, 0.05) is 12.2 Å². The number of carboxylic acids is 1. The Morgan fingerprint density at radius 3 is 2.89 bits per heavy atom. The molecule has 1 heterocycles. The lowest BCUT2D eigenvalue weighted by atomic mass is 10.0. The van der Waals surface area contributed by atoms with Crippen molar-refractivity contribution < 1.29 is 18.3 Å². The van der Waals surface area contributed by atoms with E-state index in [0.717, 1.165) is 17.5 Å². The third-order valence-corrected chi connectivity index (χ3v) is 3.41. The molecule has 3 N–H and O–H groups in total. The number of anilines is 1. The Balaban J connectivity index is 2.27. The van der Waals surface area contributed by atoms with Crippen LogP contribution in [-0.4, -0.2) is 32.3 Å². The third-order valence-electron chi connectivity index (χ3n) is 2.70. The van der Waals surface area contributed by atoms with E-state index in [1.807, 2.05) is 0 Å². The summed E-state index contributed by atoms with van der Waals surface area (Å²) < 4.78 is 25.0. The molecule has 98 valence electrons. The minimum Gasteiger partial charge on any atom is -0.481 e. The molecule has 6 nitrogen and oxygen atoms in total. The van der Waals surface area contributed by atoms with E-state index in [4.69, 9.17) is 5.11 Å². The Morgan fingerprint density at radius 1 is 1.56 bits per heavy atom. The van der Waals surface area contributed by atoms with Crippen molar-refractivity contribution in [2.75, 3.05) is 18.1 Å². The lowest BCUT2D eigenvalue weighted by molar-refractivity contribution is -0.136. The van der Waals surface area contributed by atoms with Gasteiger partial charge in [-0.25, -0.2) is 13.1 Å². The molecule has 7 heteroatoms. The van der Waals surface area contributed by atoms with Crippen molar-refractivity contribution in [1.82, 2.24) is 4.72 Å². The summed E-state index contributed by atoms with van der Waals surface area (Å²) in [6.07, 6.45) is 1.03. The smallest absolute Gasteiger partial charge is 0.307 e. The van der Waals surface area contributed by atoms with E-state index in [2.05, 4.69) is 10.0 Å². The topological polar surface area (TPSA) is 95.5 Å². The van der Waals surface area contributed by atoms with Crippen molar-refractivity contribution >= 4 is 21.7 Å². The van der Waals surface area contributed by atoms with Crippen molar-refractivity contribution in [2.45, 2.75) is 12.5 Å². The molecule has 0 saturated carbocycles. The zero-order chi connectivity index (χ0) is 13.3. The highest BCUT2D eigenvalue weighted by atomic mass is 32.2. The van der Waals surface area contributed by atoms with Crippen LogP contribution in [0.2, 0.25) is 0 Å². The Kier molecular flexibility index (Phi) is 3.27. The summed E-state index contributed by atoms with van der Waals surface area (Å²) in [5.74, 6) is -0.909. The second-order valence-corrected chi connectivity index (χ2v) is 6.10. The Labute approximate surface area is 105 Å². The minimum absolute atomic E-state index is 0.0706. The monoisotopic (exact) mass is 270 g/mol.